The van der Waals surface area contributed by atoms with Gasteiger partial charge in [0.1, 0.15) is 5.15 Å². The van der Waals surface area contributed by atoms with Crippen molar-refractivity contribution in [1.29, 1.82) is 0 Å². The molecule has 1 aromatic carbocycles. The van der Waals surface area contributed by atoms with Gasteiger partial charge in [-0.3, -0.25) is 9.78 Å². The van der Waals surface area contributed by atoms with E-state index in [1.807, 2.05) is 0 Å². The molecule has 0 radical (unpaired) electrons. The van der Waals surface area contributed by atoms with Crippen LogP contribution in [0.3, 0.4) is 0 Å². The summed E-state index contributed by atoms with van der Waals surface area (Å²) in [6.45, 7) is 0. The molecule has 92 valence electrons. The summed E-state index contributed by atoms with van der Waals surface area (Å²) < 4.78 is 0.759. The third-order valence-corrected chi connectivity index (χ3v) is 3.02. The Morgan fingerprint density at radius 2 is 2.06 bits per heavy atom. The summed E-state index contributed by atoms with van der Waals surface area (Å²) in [5, 5.41) is 3.12. The fraction of sp³-hybridized carbons (Fsp3) is 0. The molecule has 0 atom stereocenters. The molecule has 1 amide bonds. The van der Waals surface area contributed by atoms with Crippen molar-refractivity contribution in [2.75, 3.05) is 5.32 Å². The first-order valence-corrected chi connectivity index (χ1v) is 6.35. The lowest BCUT2D eigenvalue weighted by molar-refractivity contribution is 0.102. The molecule has 2 rings (SSSR count). The minimum Gasteiger partial charge on any atom is -0.305 e. The van der Waals surface area contributed by atoms with Gasteiger partial charge in [-0.1, -0.05) is 39.1 Å². The summed E-state index contributed by atoms with van der Waals surface area (Å²) >= 11 is 14.9. The molecule has 2 aromatic rings. The van der Waals surface area contributed by atoms with Gasteiger partial charge in [-0.25, -0.2) is 4.98 Å². The first-order chi connectivity index (χ1) is 8.56. The standard InChI is InChI=1S/C11H6BrCl2N3O/c12-6-1-2-8(13)7(3-6)11(18)17-10-5-15-4-9(14)16-10/h1-5H,(H,16,17,18). The summed E-state index contributed by atoms with van der Waals surface area (Å²) in [6.07, 6.45) is 2.78. The Bertz CT molecular complexity index is 607. The molecule has 0 saturated heterocycles. The average Bonchev–Trinajstić information content (AvgIpc) is 2.32. The second-order valence-electron chi connectivity index (χ2n) is 3.31. The van der Waals surface area contributed by atoms with Gasteiger partial charge in [-0.2, -0.15) is 0 Å². The second kappa shape index (κ2) is 5.65. The highest BCUT2D eigenvalue weighted by molar-refractivity contribution is 9.10. The Hall–Kier alpha value is -1.17. The minimum atomic E-state index is -0.377. The van der Waals surface area contributed by atoms with Gasteiger partial charge in [0.15, 0.2) is 5.82 Å². The van der Waals surface area contributed by atoms with Crippen molar-refractivity contribution in [2.24, 2.45) is 0 Å². The van der Waals surface area contributed by atoms with Crippen LogP contribution in [0.15, 0.2) is 35.1 Å². The molecule has 4 nitrogen and oxygen atoms in total. The fourth-order valence-electron chi connectivity index (χ4n) is 1.26. The molecule has 0 saturated carbocycles. The van der Waals surface area contributed by atoms with Gasteiger partial charge in [0, 0.05) is 4.47 Å². The van der Waals surface area contributed by atoms with Crippen LogP contribution in [-0.4, -0.2) is 15.9 Å². The van der Waals surface area contributed by atoms with Gasteiger partial charge in [0.2, 0.25) is 0 Å². The molecule has 0 aliphatic carbocycles. The van der Waals surface area contributed by atoms with Gasteiger partial charge in [-0.15, -0.1) is 0 Å². The summed E-state index contributed by atoms with van der Waals surface area (Å²) in [7, 11) is 0. The summed E-state index contributed by atoms with van der Waals surface area (Å²) in [4.78, 5) is 19.7. The number of halogens is 3. The first-order valence-electron chi connectivity index (χ1n) is 4.80. The zero-order valence-electron chi connectivity index (χ0n) is 8.82. The Morgan fingerprint density at radius 1 is 1.28 bits per heavy atom. The van der Waals surface area contributed by atoms with Crippen molar-refractivity contribution in [2.45, 2.75) is 0 Å². The van der Waals surface area contributed by atoms with Crippen LogP contribution in [0, 0.1) is 0 Å². The van der Waals surface area contributed by atoms with E-state index in [0.29, 0.717) is 10.6 Å². The number of carbonyl (C=O) groups excluding carboxylic acids is 1. The number of nitrogens with one attached hydrogen (secondary N) is 1. The van der Waals surface area contributed by atoms with Gasteiger partial charge in [-0.05, 0) is 18.2 Å². The van der Waals surface area contributed by atoms with E-state index < -0.39 is 0 Å². The molecule has 7 heteroatoms. The molecule has 0 bridgehead atoms. The van der Waals surface area contributed by atoms with E-state index in [9.17, 15) is 4.79 Å². The maximum Gasteiger partial charge on any atom is 0.258 e. The number of carbonyl (C=O) groups is 1. The van der Waals surface area contributed by atoms with E-state index >= 15 is 0 Å². The van der Waals surface area contributed by atoms with Crippen LogP contribution in [-0.2, 0) is 0 Å². The molecule has 0 fully saturated rings. The Kier molecular flexibility index (Phi) is 4.16. The van der Waals surface area contributed by atoms with E-state index in [1.54, 1.807) is 18.2 Å². The molecule has 1 N–H and O–H groups in total. The largest absolute Gasteiger partial charge is 0.305 e. The van der Waals surface area contributed by atoms with Gasteiger partial charge in [0.05, 0.1) is 23.0 Å². The van der Waals surface area contributed by atoms with Crippen molar-refractivity contribution in [3.63, 3.8) is 0 Å². The first kappa shape index (κ1) is 13.3. The maximum absolute atomic E-state index is 12.0. The molecular weight excluding hydrogens is 341 g/mol. The van der Waals surface area contributed by atoms with Gasteiger partial charge in [0.25, 0.3) is 5.91 Å². The van der Waals surface area contributed by atoms with Crippen LogP contribution in [0.5, 0.6) is 0 Å². The molecule has 0 unspecified atom stereocenters. The number of aromatic nitrogens is 2. The summed E-state index contributed by atoms with van der Waals surface area (Å²) in [5.41, 5.74) is 0.341. The predicted molar refractivity (Wildman–Crippen MR) is 74.1 cm³/mol. The highest BCUT2D eigenvalue weighted by Gasteiger charge is 2.12. The normalized spacial score (nSPS) is 10.2. The number of hydrogen-bond donors (Lipinski definition) is 1. The van der Waals surface area contributed by atoms with Crippen LogP contribution in [0.25, 0.3) is 0 Å². The highest BCUT2D eigenvalue weighted by Crippen LogP contribution is 2.21. The maximum atomic E-state index is 12.0. The van der Waals surface area contributed by atoms with E-state index in [2.05, 4.69) is 31.2 Å². The lowest BCUT2D eigenvalue weighted by atomic mass is 10.2. The van der Waals surface area contributed by atoms with Crippen molar-refractivity contribution >= 4 is 50.9 Å². The number of anilines is 1. The van der Waals surface area contributed by atoms with Crippen molar-refractivity contribution in [1.82, 2.24) is 9.97 Å². The van der Waals surface area contributed by atoms with E-state index in [0.717, 1.165) is 4.47 Å². The Morgan fingerprint density at radius 3 is 2.78 bits per heavy atom. The SMILES string of the molecule is O=C(Nc1cncc(Cl)n1)c1cc(Br)ccc1Cl. The number of amides is 1. The quantitative estimate of drug-likeness (QED) is 0.899. The van der Waals surface area contributed by atoms with E-state index in [-0.39, 0.29) is 16.9 Å². The van der Waals surface area contributed by atoms with E-state index in [4.69, 9.17) is 23.2 Å². The lowest BCUT2D eigenvalue weighted by Gasteiger charge is -2.06. The topological polar surface area (TPSA) is 54.9 Å². The molecule has 0 aliphatic rings. The number of rotatable bonds is 2. The number of nitrogens with zero attached hydrogens (tertiary/aromatic N) is 2. The highest BCUT2D eigenvalue weighted by atomic mass is 79.9. The predicted octanol–water partition coefficient (Wildman–Crippen LogP) is 3.80. The lowest BCUT2D eigenvalue weighted by Crippen LogP contribution is -2.13. The molecule has 1 aromatic heterocycles. The number of hydrogen-bond acceptors (Lipinski definition) is 3. The Balaban J connectivity index is 2.24. The van der Waals surface area contributed by atoms with Crippen molar-refractivity contribution < 1.29 is 4.79 Å². The molecule has 1 heterocycles. The zero-order chi connectivity index (χ0) is 13.1. The Labute approximate surface area is 121 Å². The number of benzene rings is 1. The van der Waals surface area contributed by atoms with Crippen LogP contribution in [0.2, 0.25) is 10.2 Å². The van der Waals surface area contributed by atoms with Crippen LogP contribution in [0.1, 0.15) is 10.4 Å². The second-order valence-corrected chi connectivity index (χ2v) is 5.02. The molecule has 18 heavy (non-hydrogen) atoms. The minimum absolute atomic E-state index is 0.202. The van der Waals surface area contributed by atoms with Gasteiger partial charge < -0.3 is 5.32 Å². The smallest absolute Gasteiger partial charge is 0.258 e. The monoisotopic (exact) mass is 345 g/mol. The molecule has 0 spiro atoms. The van der Waals surface area contributed by atoms with Crippen LogP contribution < -0.4 is 5.32 Å². The average molecular weight is 347 g/mol. The van der Waals surface area contributed by atoms with Gasteiger partial charge >= 0.3 is 0 Å². The molecule has 0 aliphatic heterocycles. The molecular formula is C11H6BrCl2N3O. The zero-order valence-corrected chi connectivity index (χ0v) is 11.9. The third kappa shape index (κ3) is 3.19. The summed E-state index contributed by atoms with van der Waals surface area (Å²) in [5.74, 6) is -0.110. The van der Waals surface area contributed by atoms with Crippen LogP contribution >= 0.6 is 39.1 Å². The third-order valence-electron chi connectivity index (χ3n) is 2.02. The van der Waals surface area contributed by atoms with E-state index in [1.165, 1.54) is 12.4 Å². The summed E-state index contributed by atoms with van der Waals surface area (Å²) in [6, 6.07) is 5.00. The van der Waals surface area contributed by atoms with Crippen molar-refractivity contribution in [3.05, 3.63) is 50.8 Å². The fourth-order valence-corrected chi connectivity index (χ4v) is 1.97. The van der Waals surface area contributed by atoms with Crippen LogP contribution in [0.4, 0.5) is 5.82 Å². The van der Waals surface area contributed by atoms with Crippen molar-refractivity contribution in [3.8, 4) is 0 Å².